The molecule has 0 amide bonds. The molecule has 6 nitrogen and oxygen atoms in total. The number of halogens is 3. The minimum Gasteiger partial charge on any atom is -0.355 e. The molecular weight excluding hydrogens is 1750 g/mol. The normalized spacial score (nSPS) is 11.3. The number of aromatic nitrogens is 4. The van der Waals surface area contributed by atoms with Gasteiger partial charge in [0.1, 0.15) is 29.1 Å². The summed E-state index contributed by atoms with van der Waals surface area (Å²) < 4.78 is 51.2. The zero-order valence-corrected chi connectivity index (χ0v) is 77.4. The summed E-state index contributed by atoms with van der Waals surface area (Å²) in [5.74, 6) is -3.39. The summed E-state index contributed by atoms with van der Waals surface area (Å²) >= 11 is 0. The number of hydrogen-bond donors (Lipinski definition) is 1. The van der Waals surface area contributed by atoms with Crippen LogP contribution >= 0.6 is 0 Å². The molecular formula is C134H85F3N6. The predicted molar refractivity (Wildman–Crippen MR) is 586 cm³/mol. The van der Waals surface area contributed by atoms with Crippen molar-refractivity contribution in [3.63, 3.8) is 0 Å². The van der Waals surface area contributed by atoms with E-state index in [-0.39, 0.29) is 11.1 Å². The number of benzene rings is 22. The average Bonchev–Trinajstić information content (AvgIpc) is 1.55. The third-order valence-electron chi connectivity index (χ3n) is 27.6. The third-order valence-corrected chi connectivity index (χ3v) is 27.6. The minimum atomic E-state index is -1.19. The summed E-state index contributed by atoms with van der Waals surface area (Å²) in [6, 6.07) is 182. The first kappa shape index (κ1) is 86.6. The largest absolute Gasteiger partial charge is 0.355 e. The second-order valence-corrected chi connectivity index (χ2v) is 35.9. The van der Waals surface area contributed by atoms with E-state index in [0.717, 1.165) is 171 Å². The fraction of sp³-hybridized carbons (Fsp3) is 0. The van der Waals surface area contributed by atoms with Gasteiger partial charge in [-0.05, 0) is 208 Å². The van der Waals surface area contributed by atoms with Crippen molar-refractivity contribution in [2.45, 2.75) is 0 Å². The van der Waals surface area contributed by atoms with Crippen LogP contribution in [0.15, 0.2) is 510 Å². The molecule has 22 aromatic carbocycles. The van der Waals surface area contributed by atoms with Crippen molar-refractivity contribution in [3.8, 4) is 163 Å². The van der Waals surface area contributed by atoms with Crippen molar-refractivity contribution < 1.29 is 13.2 Å². The summed E-state index contributed by atoms with van der Waals surface area (Å²) in [6.45, 7) is 0. The summed E-state index contributed by atoms with van der Waals surface area (Å²) in [4.78, 5) is 3.54. The summed E-state index contributed by atoms with van der Waals surface area (Å²) in [6.07, 6.45) is 0. The van der Waals surface area contributed by atoms with Crippen molar-refractivity contribution in [3.05, 3.63) is 538 Å². The highest BCUT2D eigenvalue weighted by Gasteiger charge is 2.35. The molecule has 0 saturated carbocycles. The highest BCUT2D eigenvalue weighted by Crippen LogP contribution is 2.54. The molecule has 9 heteroatoms. The number of nitriles is 2. The lowest BCUT2D eigenvalue weighted by Gasteiger charge is -2.28. The molecule has 4 heterocycles. The lowest BCUT2D eigenvalue weighted by molar-refractivity contribution is 0.548. The molecule has 0 spiro atoms. The maximum absolute atomic E-state index is 14.9. The van der Waals surface area contributed by atoms with Gasteiger partial charge in [0, 0.05) is 65.3 Å². The number of hydrogen-bond acceptors (Lipinski definition) is 2. The molecule has 0 radical (unpaired) electrons. The van der Waals surface area contributed by atoms with Crippen LogP contribution in [-0.4, -0.2) is 18.7 Å². The van der Waals surface area contributed by atoms with Gasteiger partial charge < -0.3 is 18.7 Å². The second kappa shape index (κ2) is 37.4. The third kappa shape index (κ3) is 15.8. The number of nitrogens with one attached hydrogen (secondary N) is 1. The van der Waals surface area contributed by atoms with Crippen LogP contribution in [0.5, 0.6) is 0 Å². The van der Waals surface area contributed by atoms with Crippen LogP contribution in [-0.2, 0) is 0 Å². The minimum absolute atomic E-state index is 0.246. The molecule has 143 heavy (non-hydrogen) atoms. The van der Waals surface area contributed by atoms with Crippen LogP contribution in [0.3, 0.4) is 0 Å². The molecule has 0 fully saturated rings. The molecule has 4 aromatic heterocycles. The zero-order valence-electron chi connectivity index (χ0n) is 77.4. The van der Waals surface area contributed by atoms with E-state index in [1.807, 2.05) is 0 Å². The average molecular weight is 1840 g/mol. The number of aromatic amines is 1. The van der Waals surface area contributed by atoms with E-state index in [1.54, 1.807) is 36.4 Å². The van der Waals surface area contributed by atoms with Crippen LogP contribution in [0.25, 0.3) is 238 Å². The van der Waals surface area contributed by atoms with Gasteiger partial charge in [-0.25, -0.2) is 13.2 Å². The standard InChI is InChI=1S/C91H58N4.C24H17N.C19H10F3N/c92-59-80-89(93-81-47-41-68(60-25-9-1-10-26-60)53-74(81)75-54-69(42-48-82(75)93)61-27-11-2-12-28-61)87(66-37-21-7-22-38-66)91(95-85-51-45-72(64-33-17-5-18-34-64)57-78(85)79-58-73(46-52-86(79)95)65-35-19-6-20-36-65)88(67-39-23-8-24-40-67)90(80)94-83-49-43-70(62-29-13-3-14-30-62)55-76(83)77-56-71(44-50-84(77)94)63-31-15-4-16-32-63;1-3-7-17(8-4-1)19-11-13-23-21(15-19)22-16-20(12-14-24(22)25-23)18-9-5-2-6-10-18;20-17-14(11-23)18(21)16(13-9-5-2-6-10-13)19(22)15(17)12-7-3-1-4-8-12/h1-58H;1-16,25H;1-10H. The highest BCUT2D eigenvalue weighted by atomic mass is 19.1. The monoisotopic (exact) mass is 1830 g/mol. The Morgan fingerprint density at radius 1 is 0.161 bits per heavy atom. The molecule has 26 aromatic rings. The van der Waals surface area contributed by atoms with Gasteiger partial charge in [-0.2, -0.15) is 10.5 Å². The fourth-order valence-electron chi connectivity index (χ4n) is 20.9. The van der Waals surface area contributed by atoms with Crippen molar-refractivity contribution in [2.24, 2.45) is 0 Å². The summed E-state index contributed by atoms with van der Waals surface area (Å²) in [7, 11) is 0. The maximum Gasteiger partial charge on any atom is 0.154 e. The summed E-state index contributed by atoms with van der Waals surface area (Å²) in [5, 5.41) is 31.3. The molecule has 1 N–H and O–H groups in total. The first-order valence-corrected chi connectivity index (χ1v) is 47.9. The van der Waals surface area contributed by atoms with Crippen LogP contribution < -0.4 is 0 Å². The van der Waals surface area contributed by atoms with Crippen LogP contribution in [0.2, 0.25) is 0 Å². The van der Waals surface area contributed by atoms with E-state index >= 15 is 0 Å². The Hall–Kier alpha value is -19.2. The highest BCUT2D eigenvalue weighted by molar-refractivity contribution is 6.19. The molecule has 0 unspecified atom stereocenters. The molecule has 0 atom stereocenters. The Labute approximate surface area is 824 Å². The van der Waals surface area contributed by atoms with Gasteiger partial charge in [0.25, 0.3) is 0 Å². The lowest BCUT2D eigenvalue weighted by Crippen LogP contribution is -2.13. The van der Waals surface area contributed by atoms with Gasteiger partial charge in [-0.1, -0.05) is 413 Å². The smallest absolute Gasteiger partial charge is 0.154 e. The van der Waals surface area contributed by atoms with Crippen molar-refractivity contribution in [1.82, 2.24) is 18.7 Å². The number of rotatable bonds is 15. The number of nitrogens with zero attached hydrogens (tertiary/aromatic N) is 5. The number of H-pyrrole nitrogens is 1. The second-order valence-electron chi connectivity index (χ2n) is 35.9. The first-order valence-electron chi connectivity index (χ1n) is 47.9. The fourth-order valence-corrected chi connectivity index (χ4v) is 20.9. The number of fused-ring (bicyclic) bond motifs is 12. The van der Waals surface area contributed by atoms with Crippen LogP contribution in [0, 0.1) is 40.1 Å². The Bertz CT molecular complexity index is 8720. The molecule has 26 rings (SSSR count). The molecule has 672 valence electrons. The molecule has 0 bridgehead atoms. The first-order chi connectivity index (χ1) is 70.6. The molecule has 0 saturated heterocycles. The molecule has 0 aliphatic rings. The van der Waals surface area contributed by atoms with Crippen LogP contribution in [0.4, 0.5) is 13.2 Å². The van der Waals surface area contributed by atoms with E-state index in [9.17, 15) is 18.4 Å². The topological polar surface area (TPSA) is 78.2 Å². The van der Waals surface area contributed by atoms with Gasteiger partial charge in [-0.3, -0.25) is 0 Å². The van der Waals surface area contributed by atoms with E-state index in [2.05, 4.69) is 474 Å². The Morgan fingerprint density at radius 3 is 0.538 bits per heavy atom. The van der Waals surface area contributed by atoms with Gasteiger partial charge in [-0.15, -0.1) is 0 Å². The lowest BCUT2D eigenvalue weighted by atomic mass is 9.88. The van der Waals surface area contributed by atoms with E-state index in [1.165, 1.54) is 74.4 Å². The zero-order chi connectivity index (χ0) is 96.0. The van der Waals surface area contributed by atoms with E-state index in [0.29, 0.717) is 5.56 Å². The van der Waals surface area contributed by atoms with Crippen molar-refractivity contribution >= 4 is 87.2 Å². The molecule has 0 aliphatic heterocycles. The quantitative estimate of drug-likeness (QED) is 0.111. The van der Waals surface area contributed by atoms with Gasteiger partial charge in [0.2, 0.25) is 0 Å². The Kier molecular flexibility index (Phi) is 22.6. The van der Waals surface area contributed by atoms with Gasteiger partial charge in [0.05, 0.1) is 61.3 Å². The Balaban J connectivity index is 0.000000185. The van der Waals surface area contributed by atoms with E-state index in [4.69, 9.17) is 5.26 Å². The van der Waals surface area contributed by atoms with Gasteiger partial charge in [0.15, 0.2) is 11.6 Å². The Morgan fingerprint density at radius 2 is 0.336 bits per heavy atom. The SMILES string of the molecule is N#Cc1c(-n2c3ccc(-c4ccccc4)cc3c3cc(-c4ccccc4)ccc32)c(-c2ccccc2)c(-n2c3ccc(-c4ccccc4)cc3c3cc(-c4ccccc4)ccc32)c(-c2ccccc2)c1-n1c2ccc(-c3ccccc3)cc2c2cc(-c3ccccc3)ccc21.N#Cc1c(F)c(-c2ccccc2)c(F)c(-c2ccccc2)c1F.c1ccc(-c2ccc3[nH]c4ccc(-c5ccccc5)cc4c3c2)cc1. The summed E-state index contributed by atoms with van der Waals surface area (Å²) in [5.41, 5.74) is 32.5. The van der Waals surface area contributed by atoms with Crippen molar-refractivity contribution in [2.75, 3.05) is 0 Å². The van der Waals surface area contributed by atoms with Gasteiger partial charge >= 0.3 is 0 Å². The van der Waals surface area contributed by atoms with E-state index < -0.39 is 34.1 Å². The predicted octanol–water partition coefficient (Wildman–Crippen LogP) is 36.2. The molecule has 0 aliphatic carbocycles. The van der Waals surface area contributed by atoms with Crippen molar-refractivity contribution in [1.29, 1.82) is 10.5 Å². The maximum atomic E-state index is 14.9. The van der Waals surface area contributed by atoms with Crippen LogP contribution in [0.1, 0.15) is 11.1 Å².